The summed E-state index contributed by atoms with van der Waals surface area (Å²) in [6.45, 7) is 2.90. The van der Waals surface area contributed by atoms with E-state index in [0.717, 1.165) is 23.2 Å². The van der Waals surface area contributed by atoms with Gasteiger partial charge < -0.3 is 19.8 Å². The minimum atomic E-state index is -1.09. The van der Waals surface area contributed by atoms with Gasteiger partial charge in [0, 0.05) is 31.6 Å². The van der Waals surface area contributed by atoms with Crippen molar-refractivity contribution in [3.8, 4) is 17.6 Å². The molecule has 3 fully saturated rings. The van der Waals surface area contributed by atoms with Crippen molar-refractivity contribution in [2.24, 2.45) is 5.92 Å². The zero-order valence-electron chi connectivity index (χ0n) is 22.8. The number of carbonyl (C=O) groups is 1. The third kappa shape index (κ3) is 3.50. The molecule has 204 valence electrons. The number of aromatic hydroxyl groups is 1. The fourth-order valence-corrected chi connectivity index (χ4v) is 8.49. The van der Waals surface area contributed by atoms with Crippen LogP contribution in [0.1, 0.15) is 60.8 Å². The molecular weight excluding hydrogens is 490 g/mol. The Kier molecular flexibility index (Phi) is 5.57. The quantitative estimate of drug-likeness (QED) is 0.596. The van der Waals surface area contributed by atoms with Crippen LogP contribution in [0.4, 0.5) is 0 Å². The zero-order valence-corrected chi connectivity index (χ0v) is 22.8. The Morgan fingerprint density at radius 3 is 2.82 bits per heavy atom. The van der Waals surface area contributed by atoms with Crippen molar-refractivity contribution in [1.29, 1.82) is 5.26 Å². The normalized spacial score (nSPS) is 34.1. The second kappa shape index (κ2) is 8.71. The molecule has 5 aliphatic rings. The average molecular weight is 528 g/mol. The van der Waals surface area contributed by atoms with E-state index in [1.807, 2.05) is 24.1 Å². The number of carbonyl (C=O) groups excluding carboxylic acids is 1. The number of hydrogen-bond donors (Lipinski definition) is 2. The van der Waals surface area contributed by atoms with Crippen LogP contribution in [-0.2, 0) is 23.1 Å². The number of nitrogens with zero attached hydrogens (tertiary/aromatic N) is 3. The van der Waals surface area contributed by atoms with Gasteiger partial charge in [0.15, 0.2) is 11.5 Å². The Morgan fingerprint density at radius 1 is 1.26 bits per heavy atom. The summed E-state index contributed by atoms with van der Waals surface area (Å²) in [4.78, 5) is 17.6. The van der Waals surface area contributed by atoms with Gasteiger partial charge in [-0.25, -0.2) is 0 Å². The number of likely N-dealkylation sites (N-methyl/N-ethyl adjacent to an activating group) is 1. The predicted molar refractivity (Wildman–Crippen MR) is 145 cm³/mol. The molecule has 6 atom stereocenters. The van der Waals surface area contributed by atoms with E-state index in [1.165, 1.54) is 18.4 Å². The first-order chi connectivity index (χ1) is 18.8. The lowest BCUT2D eigenvalue weighted by Gasteiger charge is -2.65. The average Bonchev–Trinajstić information content (AvgIpc) is 3.67. The fraction of sp³-hybridized carbons (Fsp3) is 0.562. The van der Waals surface area contributed by atoms with Gasteiger partial charge in [-0.15, -0.1) is 0 Å². The van der Waals surface area contributed by atoms with Crippen LogP contribution in [0.15, 0.2) is 36.4 Å². The monoisotopic (exact) mass is 527 g/mol. The number of phenolic OH excluding ortho intramolecular Hbond substituents is 1. The van der Waals surface area contributed by atoms with Crippen molar-refractivity contribution in [1.82, 2.24) is 9.80 Å². The first-order valence-electron chi connectivity index (χ1n) is 14.5. The highest BCUT2D eigenvalue weighted by Crippen LogP contribution is 2.66. The third-order valence-corrected chi connectivity index (χ3v) is 10.5. The maximum Gasteiger partial charge on any atom is 0.223 e. The molecule has 3 unspecified atom stereocenters. The van der Waals surface area contributed by atoms with Crippen LogP contribution in [0.3, 0.4) is 0 Å². The Bertz CT molecular complexity index is 1380. The van der Waals surface area contributed by atoms with E-state index in [0.29, 0.717) is 50.2 Å². The Morgan fingerprint density at radius 2 is 2.08 bits per heavy atom. The minimum Gasteiger partial charge on any atom is -0.504 e. The number of nitriles is 1. The molecule has 1 saturated heterocycles. The van der Waals surface area contributed by atoms with Crippen molar-refractivity contribution in [3.05, 3.63) is 58.7 Å². The molecule has 2 heterocycles. The smallest absolute Gasteiger partial charge is 0.223 e. The molecular formula is C32H37N3O4. The van der Waals surface area contributed by atoms with E-state index in [4.69, 9.17) is 4.74 Å². The lowest BCUT2D eigenvalue weighted by Crippen LogP contribution is -2.79. The van der Waals surface area contributed by atoms with Crippen molar-refractivity contribution in [3.63, 3.8) is 0 Å². The number of aryl methyl sites for hydroxylation is 2. The molecule has 2 saturated carbocycles. The summed E-state index contributed by atoms with van der Waals surface area (Å²) in [7, 11) is 1.85. The molecule has 2 aliphatic heterocycles. The van der Waals surface area contributed by atoms with Crippen molar-refractivity contribution in [2.45, 2.75) is 93.5 Å². The van der Waals surface area contributed by atoms with Crippen molar-refractivity contribution in [2.75, 3.05) is 13.6 Å². The van der Waals surface area contributed by atoms with E-state index in [1.54, 1.807) is 6.07 Å². The summed E-state index contributed by atoms with van der Waals surface area (Å²) in [6.07, 6.45) is 5.13. The fourth-order valence-electron chi connectivity index (χ4n) is 8.49. The molecule has 0 aromatic heterocycles. The van der Waals surface area contributed by atoms with Crippen LogP contribution in [0.2, 0.25) is 0 Å². The number of phenols is 1. The van der Waals surface area contributed by atoms with Gasteiger partial charge in [0.05, 0.1) is 29.2 Å². The number of likely N-dealkylation sites (tertiary alicyclic amines) is 1. The maximum atomic E-state index is 13.5. The van der Waals surface area contributed by atoms with E-state index < -0.39 is 17.1 Å². The number of hydrogen-bond acceptors (Lipinski definition) is 6. The molecule has 2 N–H and O–H groups in total. The molecule has 2 aromatic carbocycles. The van der Waals surface area contributed by atoms with Crippen LogP contribution >= 0.6 is 0 Å². The van der Waals surface area contributed by atoms with Crippen LogP contribution in [-0.4, -0.2) is 69.3 Å². The zero-order chi connectivity index (χ0) is 27.1. The van der Waals surface area contributed by atoms with Gasteiger partial charge in [0.25, 0.3) is 0 Å². The number of piperidine rings is 1. The summed E-state index contributed by atoms with van der Waals surface area (Å²) >= 11 is 0. The highest BCUT2D eigenvalue weighted by Gasteiger charge is 2.75. The van der Waals surface area contributed by atoms with Crippen molar-refractivity contribution < 1.29 is 19.7 Å². The van der Waals surface area contributed by atoms with Crippen LogP contribution in [0.5, 0.6) is 11.5 Å². The van der Waals surface area contributed by atoms with Gasteiger partial charge in [-0.3, -0.25) is 9.69 Å². The summed E-state index contributed by atoms with van der Waals surface area (Å²) in [5, 5.41) is 34.0. The number of benzene rings is 2. The molecule has 7 heteroatoms. The molecule has 1 amide bonds. The summed E-state index contributed by atoms with van der Waals surface area (Å²) < 4.78 is 6.63. The maximum absolute atomic E-state index is 13.5. The van der Waals surface area contributed by atoms with Gasteiger partial charge in [-0.1, -0.05) is 35.9 Å². The highest BCUT2D eigenvalue weighted by molar-refractivity contribution is 5.77. The standard InChI is InChI=1S/C32H37N3O4/c1-19-4-3-5-20(14-19)8-11-27(37)34(2)24-12-13-32(38)26-15-22-9-10-25(36)29-28(22)31(32,30(24)39-29)16-23(17-33)35(26)18-21-6-7-21/h3-5,9-10,14,21,23-24,26,30,36,38H,6-8,11-13,15-16,18H2,1-2H3/t23?,24?,26-,30?,31+,32-/m1/s1. The first-order valence-corrected chi connectivity index (χ1v) is 14.5. The molecule has 7 nitrogen and oxygen atoms in total. The van der Waals surface area contributed by atoms with E-state index >= 15 is 0 Å². The van der Waals surface area contributed by atoms with E-state index in [9.17, 15) is 20.3 Å². The predicted octanol–water partition coefficient (Wildman–Crippen LogP) is 3.62. The molecule has 39 heavy (non-hydrogen) atoms. The second-order valence-electron chi connectivity index (χ2n) is 12.7. The molecule has 1 spiro atoms. The summed E-state index contributed by atoms with van der Waals surface area (Å²) in [5.41, 5.74) is 2.36. The third-order valence-electron chi connectivity index (χ3n) is 10.5. The number of aliphatic hydroxyl groups is 1. The van der Waals surface area contributed by atoms with Gasteiger partial charge in [-0.05, 0) is 75.0 Å². The van der Waals surface area contributed by atoms with Gasteiger partial charge in [-0.2, -0.15) is 5.26 Å². The highest BCUT2D eigenvalue weighted by atomic mass is 16.5. The Hall–Kier alpha value is -3.08. The largest absolute Gasteiger partial charge is 0.504 e. The summed E-state index contributed by atoms with van der Waals surface area (Å²) in [6, 6.07) is 13.7. The second-order valence-corrected chi connectivity index (χ2v) is 12.7. The minimum absolute atomic E-state index is 0.0442. The molecule has 2 aromatic rings. The van der Waals surface area contributed by atoms with Gasteiger partial charge >= 0.3 is 0 Å². The van der Waals surface area contributed by atoms with E-state index in [2.05, 4.69) is 36.1 Å². The topological polar surface area (TPSA) is 97.0 Å². The first kappa shape index (κ1) is 24.9. The Labute approximate surface area is 230 Å². The molecule has 0 radical (unpaired) electrons. The number of rotatable bonds is 6. The molecule has 3 aliphatic carbocycles. The summed E-state index contributed by atoms with van der Waals surface area (Å²) in [5.74, 6) is 1.15. The molecule has 2 bridgehead atoms. The van der Waals surface area contributed by atoms with Crippen LogP contribution < -0.4 is 4.74 Å². The van der Waals surface area contributed by atoms with E-state index in [-0.39, 0.29) is 29.8 Å². The van der Waals surface area contributed by atoms with Crippen molar-refractivity contribution >= 4 is 5.91 Å². The van der Waals surface area contributed by atoms with Crippen LogP contribution in [0, 0.1) is 24.2 Å². The lowest BCUT2D eigenvalue weighted by atomic mass is 9.47. The lowest BCUT2D eigenvalue weighted by molar-refractivity contribution is -0.207. The van der Waals surface area contributed by atoms with Gasteiger partial charge in [0.2, 0.25) is 5.91 Å². The SMILES string of the molecule is Cc1cccc(CCC(=O)N(C)C2CC[C@@]3(O)[C@H]4Cc5ccc(O)c6c5[C@@]3(CC(C#N)N4CC3CC3)C2O6)c1. The van der Waals surface area contributed by atoms with Gasteiger partial charge in [0.1, 0.15) is 6.10 Å². The van der Waals surface area contributed by atoms with Crippen LogP contribution in [0.25, 0.3) is 0 Å². The number of amides is 1. The Balaban J connectivity index is 1.25. The molecule has 7 rings (SSSR count). The number of ether oxygens (including phenoxy) is 1.